The van der Waals surface area contributed by atoms with Crippen LogP contribution in [0.1, 0.15) is 65.0 Å². The van der Waals surface area contributed by atoms with E-state index in [9.17, 15) is 4.39 Å². The average molecular weight is 635 g/mol. The second-order valence-corrected chi connectivity index (χ2v) is 10.6. The number of anilines is 2. The average Bonchev–Trinajstić information content (AvgIpc) is 3.56. The number of nitrogens with two attached hydrogens (primary N) is 2. The fraction of sp³-hybridized carbons (Fsp3) is 0.531. The molecule has 13 heteroatoms. The van der Waals surface area contributed by atoms with Crippen molar-refractivity contribution in [3.63, 3.8) is 0 Å². The lowest BCUT2D eigenvalue weighted by Gasteiger charge is -2.24. The van der Waals surface area contributed by atoms with Crippen LogP contribution in [0.5, 0.6) is 11.9 Å². The van der Waals surface area contributed by atoms with E-state index in [-0.39, 0.29) is 65.9 Å². The second-order valence-electron chi connectivity index (χ2n) is 10.6. The molecule has 3 heterocycles. The molecular formula is C32H42F4N6O3. The van der Waals surface area contributed by atoms with Gasteiger partial charge >= 0.3 is 6.01 Å². The monoisotopic (exact) mass is 634 g/mol. The van der Waals surface area contributed by atoms with Gasteiger partial charge in [0.2, 0.25) is 5.88 Å². The minimum Gasteiger partial charge on any atom is -0.474 e. The van der Waals surface area contributed by atoms with Crippen LogP contribution in [-0.4, -0.2) is 54.0 Å². The summed E-state index contributed by atoms with van der Waals surface area (Å²) in [5.74, 6) is -0.0125. The second kappa shape index (κ2) is 15.9. The van der Waals surface area contributed by atoms with E-state index in [4.69, 9.17) is 25.7 Å². The van der Waals surface area contributed by atoms with E-state index in [0.29, 0.717) is 19.6 Å². The summed E-state index contributed by atoms with van der Waals surface area (Å²) < 4.78 is 79.1. The minimum atomic E-state index is -3.51. The maximum atomic E-state index is 16.5. The van der Waals surface area contributed by atoms with Gasteiger partial charge in [0.1, 0.15) is 28.2 Å². The maximum absolute atomic E-state index is 16.5. The van der Waals surface area contributed by atoms with Gasteiger partial charge in [-0.3, -0.25) is 0 Å². The number of nitrogens with zero attached hydrogens (tertiary/aromatic N) is 3. The summed E-state index contributed by atoms with van der Waals surface area (Å²) in [6.07, 6.45) is 0.310. The summed E-state index contributed by atoms with van der Waals surface area (Å²) in [5.41, 5.74) is 8.87. The number of hydrogen-bond acceptors (Lipinski definition) is 9. The first-order valence-electron chi connectivity index (χ1n) is 15.0. The van der Waals surface area contributed by atoms with Crippen molar-refractivity contribution < 1.29 is 31.8 Å². The zero-order valence-electron chi connectivity index (χ0n) is 26.6. The molecule has 4 rings (SSSR count). The Kier molecular flexibility index (Phi) is 12.6. The quantitative estimate of drug-likeness (QED) is 0.118. The van der Waals surface area contributed by atoms with E-state index in [1.54, 1.807) is 6.92 Å². The molecule has 0 bridgehead atoms. The van der Waals surface area contributed by atoms with Gasteiger partial charge in [-0.15, -0.1) is 11.8 Å². The van der Waals surface area contributed by atoms with Crippen molar-refractivity contribution in [2.75, 3.05) is 44.0 Å². The summed E-state index contributed by atoms with van der Waals surface area (Å²) in [7, 11) is 0. The molecule has 1 aliphatic heterocycles. The fourth-order valence-corrected chi connectivity index (χ4v) is 4.60. The number of aromatic nitrogens is 3. The Hall–Kier alpha value is -3.89. The number of ether oxygens (including phenoxy) is 3. The minimum absolute atomic E-state index is 0.0900. The first-order chi connectivity index (χ1) is 21.4. The van der Waals surface area contributed by atoms with Gasteiger partial charge in [0.15, 0.2) is 5.82 Å². The number of pyridine rings is 1. The molecule has 1 fully saturated rings. The van der Waals surface area contributed by atoms with Crippen LogP contribution in [-0.2, 0) is 10.7 Å². The summed E-state index contributed by atoms with van der Waals surface area (Å²) >= 11 is 0. The van der Waals surface area contributed by atoms with Crippen molar-refractivity contribution in [1.29, 1.82) is 0 Å². The van der Waals surface area contributed by atoms with Crippen molar-refractivity contribution in [3.05, 3.63) is 28.8 Å². The fourth-order valence-electron chi connectivity index (χ4n) is 4.60. The Bertz CT molecular complexity index is 1530. The summed E-state index contributed by atoms with van der Waals surface area (Å²) in [4.78, 5) is 13.1. The molecule has 2 unspecified atom stereocenters. The van der Waals surface area contributed by atoms with Gasteiger partial charge in [0.05, 0.1) is 25.0 Å². The van der Waals surface area contributed by atoms with E-state index < -0.39 is 46.5 Å². The standard InChI is InChI=1S/C28H36F4N6O3.C4H6/c1-5-14(3)41-26-19-24(37-27(38-25(19)35-9-8-33)40-13-16-7-10-39-12-16)22(30)23(36-26)17-11-18(34)21(29)15(4)20(17)28(31,32)6-2;1-3-4-2/h11,14,16H,5-10,12-13,33-34H2,1-4H3,(H,35,37,38);1-2H3. The number of hydrogen-bond donors (Lipinski definition) is 3. The highest BCUT2D eigenvalue weighted by Gasteiger charge is 2.37. The number of fused-ring (bicyclic) bond motifs is 1. The molecular weight excluding hydrogens is 592 g/mol. The third-order valence-corrected chi connectivity index (χ3v) is 7.37. The molecule has 0 spiro atoms. The normalized spacial score (nSPS) is 15.1. The van der Waals surface area contributed by atoms with E-state index in [2.05, 4.69) is 32.1 Å². The van der Waals surface area contributed by atoms with Crippen molar-refractivity contribution >= 4 is 22.4 Å². The van der Waals surface area contributed by atoms with Gasteiger partial charge in [-0.25, -0.2) is 22.5 Å². The van der Waals surface area contributed by atoms with Gasteiger partial charge < -0.3 is 31.0 Å². The Morgan fingerprint density at radius 2 is 1.87 bits per heavy atom. The molecule has 0 saturated carbocycles. The van der Waals surface area contributed by atoms with Gasteiger partial charge in [-0.05, 0) is 52.2 Å². The SMILES string of the molecule is CC#CC.CCC(C)Oc1nc(-c2cc(N)c(F)c(C)c2C(F)(F)CC)c(F)c2nc(OCC3CCOC3)nc(NCCN)c12. The van der Waals surface area contributed by atoms with Crippen LogP contribution in [0.25, 0.3) is 22.2 Å². The smallest absolute Gasteiger partial charge is 0.319 e. The highest BCUT2D eigenvalue weighted by Crippen LogP contribution is 2.45. The third-order valence-electron chi connectivity index (χ3n) is 7.37. The summed E-state index contributed by atoms with van der Waals surface area (Å²) in [6.45, 7) is 11.6. The van der Waals surface area contributed by atoms with Crippen LogP contribution >= 0.6 is 0 Å². The maximum Gasteiger partial charge on any atom is 0.319 e. The van der Waals surface area contributed by atoms with Crippen molar-refractivity contribution in [2.24, 2.45) is 11.7 Å². The molecule has 1 aliphatic rings. The van der Waals surface area contributed by atoms with Crippen molar-refractivity contribution in [2.45, 2.75) is 72.8 Å². The predicted octanol–water partition coefficient (Wildman–Crippen LogP) is 6.36. The molecule has 9 nitrogen and oxygen atoms in total. The summed E-state index contributed by atoms with van der Waals surface area (Å²) in [5, 5.41) is 3.13. The Balaban J connectivity index is 0.00000130. The molecule has 5 N–H and O–H groups in total. The number of alkyl halides is 2. The van der Waals surface area contributed by atoms with E-state index in [1.165, 1.54) is 13.8 Å². The van der Waals surface area contributed by atoms with Gasteiger partial charge in [-0.2, -0.15) is 9.97 Å². The lowest BCUT2D eigenvalue weighted by molar-refractivity contribution is -0.00863. The third kappa shape index (κ3) is 8.23. The molecule has 0 radical (unpaired) electrons. The first-order valence-corrected chi connectivity index (χ1v) is 15.0. The van der Waals surface area contributed by atoms with E-state index in [1.807, 2.05) is 20.8 Å². The van der Waals surface area contributed by atoms with Gasteiger partial charge in [0.25, 0.3) is 5.92 Å². The number of benzene rings is 1. The molecule has 1 aromatic carbocycles. The molecule has 45 heavy (non-hydrogen) atoms. The molecule has 2 atom stereocenters. The highest BCUT2D eigenvalue weighted by molar-refractivity contribution is 5.96. The highest BCUT2D eigenvalue weighted by atomic mass is 19.3. The van der Waals surface area contributed by atoms with Crippen LogP contribution < -0.4 is 26.3 Å². The summed E-state index contributed by atoms with van der Waals surface area (Å²) in [6, 6.07) is 0.834. The zero-order valence-corrected chi connectivity index (χ0v) is 26.6. The van der Waals surface area contributed by atoms with Crippen molar-refractivity contribution in [3.8, 4) is 35.0 Å². The Labute approximate surface area is 261 Å². The van der Waals surface area contributed by atoms with E-state index >= 15 is 13.2 Å². The Morgan fingerprint density at radius 1 is 1.16 bits per heavy atom. The molecule has 2 aromatic heterocycles. The van der Waals surface area contributed by atoms with Crippen molar-refractivity contribution in [1.82, 2.24) is 15.0 Å². The number of nitrogens with one attached hydrogen (secondary N) is 1. The molecule has 1 saturated heterocycles. The topological polar surface area (TPSA) is 130 Å². The van der Waals surface area contributed by atoms with Gasteiger partial charge in [0, 0.05) is 43.2 Å². The number of halogens is 4. The van der Waals surface area contributed by atoms with Crippen LogP contribution in [0.15, 0.2) is 6.07 Å². The molecule has 0 aliphatic carbocycles. The molecule has 0 amide bonds. The van der Waals surface area contributed by atoms with Crippen LogP contribution in [0.3, 0.4) is 0 Å². The largest absolute Gasteiger partial charge is 0.474 e. The first kappa shape index (κ1) is 35.6. The predicted molar refractivity (Wildman–Crippen MR) is 167 cm³/mol. The molecule has 3 aromatic rings. The van der Waals surface area contributed by atoms with Crippen LogP contribution in [0, 0.1) is 36.3 Å². The van der Waals surface area contributed by atoms with Crippen LogP contribution in [0.2, 0.25) is 0 Å². The Morgan fingerprint density at radius 3 is 2.44 bits per heavy atom. The van der Waals surface area contributed by atoms with Crippen LogP contribution in [0.4, 0.5) is 29.1 Å². The van der Waals surface area contributed by atoms with E-state index in [0.717, 1.165) is 12.5 Å². The lowest BCUT2D eigenvalue weighted by Crippen LogP contribution is -2.19. The lowest BCUT2D eigenvalue weighted by atomic mass is 9.91. The molecule has 246 valence electrons. The number of nitrogen functional groups attached to an aromatic ring is 1. The zero-order chi connectivity index (χ0) is 33.3. The number of rotatable bonds is 12. The van der Waals surface area contributed by atoms with Gasteiger partial charge in [-0.1, -0.05) is 13.8 Å².